The van der Waals surface area contributed by atoms with Crippen LogP contribution in [0.4, 0.5) is 8.78 Å². The van der Waals surface area contributed by atoms with Crippen LogP contribution in [-0.2, 0) is 4.74 Å². The Morgan fingerprint density at radius 1 is 1.40 bits per heavy atom. The second-order valence-corrected chi connectivity index (χ2v) is 2.88. The van der Waals surface area contributed by atoms with Gasteiger partial charge in [0.25, 0.3) is 0 Å². The van der Waals surface area contributed by atoms with Gasteiger partial charge in [-0.2, -0.15) is 5.10 Å². The average molecular weight is 212 g/mol. The van der Waals surface area contributed by atoms with E-state index in [0.29, 0.717) is 0 Å². The van der Waals surface area contributed by atoms with Gasteiger partial charge in [-0.1, -0.05) is 0 Å². The number of H-pyrrole nitrogens is 1. The summed E-state index contributed by atoms with van der Waals surface area (Å²) >= 11 is 0. The number of rotatable bonds is 1. The van der Waals surface area contributed by atoms with Crippen LogP contribution in [0.5, 0.6) is 0 Å². The van der Waals surface area contributed by atoms with Crippen LogP contribution in [0.1, 0.15) is 10.5 Å². The third-order valence-corrected chi connectivity index (χ3v) is 1.98. The zero-order valence-corrected chi connectivity index (χ0v) is 7.67. The van der Waals surface area contributed by atoms with Gasteiger partial charge in [0, 0.05) is 11.5 Å². The van der Waals surface area contributed by atoms with Gasteiger partial charge in [0.05, 0.1) is 12.6 Å². The van der Waals surface area contributed by atoms with Crippen LogP contribution in [-0.4, -0.2) is 23.3 Å². The van der Waals surface area contributed by atoms with E-state index in [9.17, 15) is 13.6 Å². The van der Waals surface area contributed by atoms with Gasteiger partial charge in [-0.3, -0.25) is 5.10 Å². The Bertz CT molecular complexity index is 536. The molecule has 2 aromatic rings. The van der Waals surface area contributed by atoms with Crippen LogP contribution in [0.15, 0.2) is 12.1 Å². The maximum absolute atomic E-state index is 12.9. The first-order valence-electron chi connectivity index (χ1n) is 4.05. The third kappa shape index (κ3) is 1.43. The van der Waals surface area contributed by atoms with Crippen molar-refractivity contribution in [2.45, 2.75) is 0 Å². The molecule has 0 aliphatic rings. The molecule has 0 atom stereocenters. The van der Waals surface area contributed by atoms with Gasteiger partial charge >= 0.3 is 5.97 Å². The third-order valence-electron chi connectivity index (χ3n) is 1.98. The van der Waals surface area contributed by atoms with Crippen molar-refractivity contribution in [2.24, 2.45) is 0 Å². The molecular weight excluding hydrogens is 206 g/mol. The molecule has 1 N–H and O–H groups in total. The van der Waals surface area contributed by atoms with Gasteiger partial charge in [0.15, 0.2) is 17.3 Å². The largest absolute Gasteiger partial charge is 0.464 e. The maximum atomic E-state index is 12.9. The number of aromatic nitrogens is 2. The van der Waals surface area contributed by atoms with E-state index in [0.717, 1.165) is 12.1 Å². The Balaban J connectivity index is 2.69. The van der Waals surface area contributed by atoms with Crippen molar-refractivity contribution in [2.75, 3.05) is 7.11 Å². The second kappa shape index (κ2) is 3.30. The number of hydrogen-bond donors (Lipinski definition) is 1. The number of nitrogens with one attached hydrogen (secondary N) is 1. The minimum atomic E-state index is -1.03. The van der Waals surface area contributed by atoms with Crippen LogP contribution in [0.2, 0.25) is 0 Å². The number of halogens is 2. The highest BCUT2D eigenvalue weighted by atomic mass is 19.2. The summed E-state index contributed by atoms with van der Waals surface area (Å²) in [6, 6.07) is 1.84. The molecule has 15 heavy (non-hydrogen) atoms. The van der Waals surface area contributed by atoms with Gasteiger partial charge in [-0.05, 0) is 6.07 Å². The molecule has 0 aliphatic carbocycles. The lowest BCUT2D eigenvalue weighted by Gasteiger charge is -1.95. The van der Waals surface area contributed by atoms with E-state index >= 15 is 0 Å². The van der Waals surface area contributed by atoms with Crippen LogP contribution in [0.25, 0.3) is 10.9 Å². The van der Waals surface area contributed by atoms with Gasteiger partial charge in [0.2, 0.25) is 0 Å². The number of fused-ring (bicyclic) bond motifs is 1. The topological polar surface area (TPSA) is 55.0 Å². The number of ether oxygens (including phenoxy) is 1. The standard InChI is InChI=1S/C9H6F2N2O2/c1-15-9(14)8-4-2-5(10)6(11)3-7(4)12-13-8/h2-3H,1H3,(H,12,13). The fourth-order valence-electron chi connectivity index (χ4n) is 1.26. The lowest BCUT2D eigenvalue weighted by Crippen LogP contribution is -2.02. The van der Waals surface area contributed by atoms with Crippen molar-refractivity contribution in [3.8, 4) is 0 Å². The van der Waals surface area contributed by atoms with Crippen molar-refractivity contribution in [1.29, 1.82) is 0 Å². The molecule has 2 rings (SSSR count). The van der Waals surface area contributed by atoms with Gasteiger partial charge < -0.3 is 4.74 Å². The predicted octanol–water partition coefficient (Wildman–Crippen LogP) is 1.63. The molecule has 0 saturated carbocycles. The maximum Gasteiger partial charge on any atom is 0.359 e. The highest BCUT2D eigenvalue weighted by Crippen LogP contribution is 2.20. The van der Waals surface area contributed by atoms with Crippen molar-refractivity contribution in [1.82, 2.24) is 10.2 Å². The van der Waals surface area contributed by atoms with E-state index in [-0.39, 0.29) is 16.6 Å². The average Bonchev–Trinajstić information content (AvgIpc) is 2.61. The van der Waals surface area contributed by atoms with E-state index in [4.69, 9.17) is 0 Å². The molecule has 0 fully saturated rings. The molecule has 4 nitrogen and oxygen atoms in total. The Hall–Kier alpha value is -1.98. The van der Waals surface area contributed by atoms with Crippen molar-refractivity contribution in [3.05, 3.63) is 29.5 Å². The van der Waals surface area contributed by atoms with Gasteiger partial charge in [-0.15, -0.1) is 0 Å². The van der Waals surface area contributed by atoms with Gasteiger partial charge in [-0.25, -0.2) is 13.6 Å². The molecular formula is C9H6F2N2O2. The number of nitrogens with zero attached hydrogens (tertiary/aromatic N) is 1. The van der Waals surface area contributed by atoms with Crippen LogP contribution >= 0.6 is 0 Å². The zero-order valence-electron chi connectivity index (χ0n) is 7.67. The van der Waals surface area contributed by atoms with Crippen molar-refractivity contribution >= 4 is 16.9 Å². The molecule has 1 heterocycles. The van der Waals surface area contributed by atoms with E-state index < -0.39 is 17.6 Å². The Morgan fingerprint density at radius 3 is 2.73 bits per heavy atom. The molecule has 0 aliphatic heterocycles. The van der Waals surface area contributed by atoms with Crippen LogP contribution < -0.4 is 0 Å². The fourth-order valence-corrected chi connectivity index (χ4v) is 1.26. The molecule has 0 spiro atoms. The number of aromatic amines is 1. The summed E-state index contributed by atoms with van der Waals surface area (Å²) < 4.78 is 30.1. The summed E-state index contributed by atoms with van der Waals surface area (Å²) in [6.45, 7) is 0. The smallest absolute Gasteiger partial charge is 0.359 e. The minimum Gasteiger partial charge on any atom is -0.464 e. The van der Waals surface area contributed by atoms with Crippen LogP contribution in [0, 0.1) is 11.6 Å². The molecule has 0 unspecified atom stereocenters. The lowest BCUT2D eigenvalue weighted by atomic mass is 10.2. The van der Waals surface area contributed by atoms with Crippen molar-refractivity contribution in [3.63, 3.8) is 0 Å². The molecule has 1 aromatic heterocycles. The van der Waals surface area contributed by atoms with E-state index in [1.807, 2.05) is 0 Å². The van der Waals surface area contributed by atoms with E-state index in [1.165, 1.54) is 7.11 Å². The predicted molar refractivity (Wildman–Crippen MR) is 47.3 cm³/mol. The zero-order chi connectivity index (χ0) is 11.0. The quantitative estimate of drug-likeness (QED) is 0.731. The Labute approximate surface area is 82.8 Å². The monoisotopic (exact) mass is 212 g/mol. The lowest BCUT2D eigenvalue weighted by molar-refractivity contribution is 0.0596. The molecule has 0 saturated heterocycles. The number of hydrogen-bond acceptors (Lipinski definition) is 3. The van der Waals surface area contributed by atoms with Crippen LogP contribution in [0.3, 0.4) is 0 Å². The first-order chi connectivity index (χ1) is 7.13. The van der Waals surface area contributed by atoms with Crippen molar-refractivity contribution < 1.29 is 18.3 Å². The first kappa shape index (κ1) is 9.57. The highest BCUT2D eigenvalue weighted by Gasteiger charge is 2.16. The second-order valence-electron chi connectivity index (χ2n) is 2.88. The summed E-state index contributed by atoms with van der Waals surface area (Å²) in [4.78, 5) is 11.2. The molecule has 78 valence electrons. The summed E-state index contributed by atoms with van der Waals surface area (Å²) in [7, 11) is 1.18. The summed E-state index contributed by atoms with van der Waals surface area (Å²) in [6.07, 6.45) is 0. The minimum absolute atomic E-state index is 0.0635. The summed E-state index contributed by atoms with van der Waals surface area (Å²) in [5, 5.41) is 6.22. The number of carbonyl (C=O) groups is 1. The van der Waals surface area contributed by atoms with Gasteiger partial charge in [0.1, 0.15) is 0 Å². The molecule has 1 aromatic carbocycles. The number of benzene rings is 1. The summed E-state index contributed by atoms with van der Waals surface area (Å²) in [5.41, 5.74) is 0.181. The number of esters is 1. The summed E-state index contributed by atoms with van der Waals surface area (Å²) in [5.74, 6) is -2.73. The molecule has 0 bridgehead atoms. The Morgan fingerprint density at radius 2 is 2.07 bits per heavy atom. The SMILES string of the molecule is COC(=O)c1n[nH]c2cc(F)c(F)cc12. The number of carbonyl (C=O) groups excluding carboxylic acids is 1. The highest BCUT2D eigenvalue weighted by molar-refractivity contribution is 6.01. The normalized spacial score (nSPS) is 10.6. The Kier molecular flexibility index (Phi) is 2.11. The van der Waals surface area contributed by atoms with E-state index in [1.54, 1.807) is 0 Å². The molecule has 0 amide bonds. The molecule has 0 radical (unpaired) electrons. The first-order valence-corrected chi connectivity index (χ1v) is 4.05. The fraction of sp³-hybridized carbons (Fsp3) is 0.111. The number of methoxy groups -OCH3 is 1. The van der Waals surface area contributed by atoms with E-state index in [2.05, 4.69) is 14.9 Å². The molecule has 6 heteroatoms.